The summed E-state index contributed by atoms with van der Waals surface area (Å²) in [5.41, 5.74) is 2.59. The second kappa shape index (κ2) is 7.63. The molecule has 1 amide bonds. The van der Waals surface area contributed by atoms with Gasteiger partial charge in [0.1, 0.15) is 0 Å². The van der Waals surface area contributed by atoms with E-state index in [9.17, 15) is 18.0 Å². The van der Waals surface area contributed by atoms with Gasteiger partial charge in [-0.3, -0.25) is 9.52 Å². The van der Waals surface area contributed by atoms with Crippen molar-refractivity contribution in [2.45, 2.75) is 31.6 Å². The minimum absolute atomic E-state index is 0.00484. The van der Waals surface area contributed by atoms with Gasteiger partial charge in [-0.05, 0) is 55.7 Å². The summed E-state index contributed by atoms with van der Waals surface area (Å²) in [7, 11) is -2.70. The first-order valence-corrected chi connectivity index (χ1v) is 10.3. The minimum atomic E-state index is -3.94. The van der Waals surface area contributed by atoms with Crippen LogP contribution in [0.2, 0.25) is 0 Å². The molecule has 2 aromatic rings. The summed E-state index contributed by atoms with van der Waals surface area (Å²) in [5, 5.41) is 0. The molecule has 0 unspecified atom stereocenters. The maximum absolute atomic E-state index is 12.9. The van der Waals surface area contributed by atoms with E-state index < -0.39 is 16.0 Å². The highest BCUT2D eigenvalue weighted by atomic mass is 32.2. The van der Waals surface area contributed by atoms with E-state index >= 15 is 0 Å². The average Bonchev–Trinajstić information content (AvgIpc) is 3.08. The van der Waals surface area contributed by atoms with E-state index in [1.54, 1.807) is 36.1 Å². The van der Waals surface area contributed by atoms with Crippen molar-refractivity contribution in [3.8, 4) is 0 Å². The van der Waals surface area contributed by atoms with E-state index in [0.29, 0.717) is 29.9 Å². The number of esters is 1. The summed E-state index contributed by atoms with van der Waals surface area (Å²) in [6.45, 7) is 4.15. The van der Waals surface area contributed by atoms with Crippen molar-refractivity contribution in [2.24, 2.45) is 0 Å². The van der Waals surface area contributed by atoms with Crippen molar-refractivity contribution in [1.29, 1.82) is 0 Å². The molecule has 1 saturated heterocycles. The molecule has 1 heterocycles. The van der Waals surface area contributed by atoms with Gasteiger partial charge in [-0.2, -0.15) is 0 Å². The van der Waals surface area contributed by atoms with Crippen LogP contribution in [0.25, 0.3) is 0 Å². The van der Waals surface area contributed by atoms with E-state index in [0.717, 1.165) is 12.0 Å². The maximum atomic E-state index is 12.9. The molecule has 2 aromatic carbocycles. The topological polar surface area (TPSA) is 92.8 Å². The number of amides is 1. The number of hydrogen-bond donors (Lipinski definition) is 1. The standard InChI is InChI=1S/C20H22N2O5S/c1-13-7-9-16(12-17(13)22-10-4-5-19(22)23)21-28(25,26)18-11-15(20(24)27-3)8-6-14(18)2/h6-9,11-12,21H,4-5,10H2,1-3H3. The van der Waals surface area contributed by atoms with Crippen LogP contribution in [0, 0.1) is 13.8 Å². The zero-order chi connectivity index (χ0) is 20.5. The zero-order valence-corrected chi connectivity index (χ0v) is 16.8. The maximum Gasteiger partial charge on any atom is 0.337 e. The number of carbonyl (C=O) groups is 2. The Morgan fingerprint density at radius 3 is 2.46 bits per heavy atom. The summed E-state index contributed by atoms with van der Waals surface area (Å²) in [6.07, 6.45) is 1.28. The Bertz CT molecular complexity index is 1050. The molecule has 28 heavy (non-hydrogen) atoms. The van der Waals surface area contributed by atoms with Crippen molar-refractivity contribution in [3.05, 3.63) is 53.1 Å². The van der Waals surface area contributed by atoms with Crippen LogP contribution in [0.4, 0.5) is 11.4 Å². The predicted octanol–water partition coefficient (Wildman–Crippen LogP) is 3.02. The fourth-order valence-electron chi connectivity index (χ4n) is 3.21. The molecule has 0 spiro atoms. The van der Waals surface area contributed by atoms with Crippen molar-refractivity contribution < 1.29 is 22.7 Å². The van der Waals surface area contributed by atoms with Crippen molar-refractivity contribution in [2.75, 3.05) is 23.3 Å². The van der Waals surface area contributed by atoms with Gasteiger partial charge in [0.05, 0.1) is 23.3 Å². The number of benzene rings is 2. The fourth-order valence-corrected chi connectivity index (χ4v) is 4.53. The molecule has 0 bridgehead atoms. The molecule has 8 heteroatoms. The van der Waals surface area contributed by atoms with E-state index in [1.165, 1.54) is 19.2 Å². The van der Waals surface area contributed by atoms with Gasteiger partial charge >= 0.3 is 5.97 Å². The van der Waals surface area contributed by atoms with Crippen LogP contribution in [0.1, 0.15) is 34.3 Å². The number of aryl methyl sites for hydroxylation is 2. The molecular formula is C20H22N2O5S. The highest BCUT2D eigenvalue weighted by molar-refractivity contribution is 7.92. The first kappa shape index (κ1) is 19.9. The van der Waals surface area contributed by atoms with Gasteiger partial charge in [-0.1, -0.05) is 12.1 Å². The Balaban J connectivity index is 1.95. The van der Waals surface area contributed by atoms with Gasteiger partial charge < -0.3 is 9.64 Å². The molecule has 0 atom stereocenters. The number of hydrogen-bond acceptors (Lipinski definition) is 5. The monoisotopic (exact) mass is 402 g/mol. The summed E-state index contributed by atoms with van der Waals surface area (Å²) in [5.74, 6) is -0.577. The number of anilines is 2. The zero-order valence-electron chi connectivity index (χ0n) is 16.0. The number of nitrogens with one attached hydrogen (secondary N) is 1. The normalized spacial score (nSPS) is 14.2. The molecule has 148 valence electrons. The lowest BCUT2D eigenvalue weighted by molar-refractivity contribution is -0.117. The molecule has 7 nitrogen and oxygen atoms in total. The lowest BCUT2D eigenvalue weighted by Crippen LogP contribution is -2.24. The van der Waals surface area contributed by atoms with Gasteiger partial charge in [0.2, 0.25) is 5.91 Å². The van der Waals surface area contributed by atoms with E-state index in [4.69, 9.17) is 0 Å². The molecule has 1 aliphatic rings. The van der Waals surface area contributed by atoms with E-state index in [2.05, 4.69) is 9.46 Å². The number of methoxy groups -OCH3 is 1. The highest BCUT2D eigenvalue weighted by Gasteiger charge is 2.24. The van der Waals surface area contributed by atoms with Gasteiger partial charge in [0.25, 0.3) is 10.0 Å². The molecule has 1 fully saturated rings. The van der Waals surface area contributed by atoms with Crippen LogP contribution in [-0.4, -0.2) is 33.9 Å². The molecule has 0 saturated carbocycles. The Kier molecular flexibility index (Phi) is 5.42. The number of rotatable bonds is 5. The van der Waals surface area contributed by atoms with Crippen LogP contribution >= 0.6 is 0 Å². The Morgan fingerprint density at radius 1 is 1.11 bits per heavy atom. The van der Waals surface area contributed by atoms with Gasteiger partial charge in [0.15, 0.2) is 0 Å². The minimum Gasteiger partial charge on any atom is -0.465 e. The second-order valence-electron chi connectivity index (χ2n) is 6.73. The molecule has 0 aliphatic carbocycles. The lowest BCUT2D eigenvalue weighted by atomic mass is 10.1. The molecule has 3 rings (SSSR count). The summed E-state index contributed by atoms with van der Waals surface area (Å²) in [6, 6.07) is 9.46. The van der Waals surface area contributed by atoms with Crippen LogP contribution in [0.15, 0.2) is 41.3 Å². The second-order valence-corrected chi connectivity index (χ2v) is 8.38. The molecule has 0 radical (unpaired) electrons. The fraction of sp³-hybridized carbons (Fsp3) is 0.300. The third kappa shape index (κ3) is 3.87. The molecular weight excluding hydrogens is 380 g/mol. The quantitative estimate of drug-likeness (QED) is 0.776. The summed E-state index contributed by atoms with van der Waals surface area (Å²) in [4.78, 5) is 25.5. The Hall–Kier alpha value is -2.87. The number of nitrogens with zero attached hydrogens (tertiary/aromatic N) is 1. The van der Waals surface area contributed by atoms with Crippen LogP contribution in [-0.2, 0) is 19.6 Å². The molecule has 1 aliphatic heterocycles. The van der Waals surface area contributed by atoms with Crippen molar-refractivity contribution in [3.63, 3.8) is 0 Å². The first-order chi connectivity index (χ1) is 13.2. The average molecular weight is 402 g/mol. The Morgan fingerprint density at radius 2 is 1.82 bits per heavy atom. The van der Waals surface area contributed by atoms with E-state index in [-0.39, 0.29) is 16.4 Å². The van der Waals surface area contributed by atoms with Crippen molar-refractivity contribution >= 4 is 33.3 Å². The third-order valence-corrected chi connectivity index (χ3v) is 6.25. The van der Waals surface area contributed by atoms with Gasteiger partial charge in [-0.15, -0.1) is 0 Å². The summed E-state index contributed by atoms with van der Waals surface area (Å²) >= 11 is 0. The number of sulfonamides is 1. The van der Waals surface area contributed by atoms with Crippen LogP contribution in [0.3, 0.4) is 0 Å². The summed E-state index contributed by atoms with van der Waals surface area (Å²) < 4.78 is 33.1. The highest BCUT2D eigenvalue weighted by Crippen LogP contribution is 2.29. The number of ether oxygens (including phenoxy) is 1. The van der Waals surface area contributed by atoms with Crippen molar-refractivity contribution in [1.82, 2.24) is 0 Å². The molecule has 1 N–H and O–H groups in total. The van der Waals surface area contributed by atoms with E-state index in [1.807, 2.05) is 6.92 Å². The molecule has 0 aromatic heterocycles. The lowest BCUT2D eigenvalue weighted by Gasteiger charge is -2.20. The Labute approximate surface area is 164 Å². The van der Waals surface area contributed by atoms with Gasteiger partial charge in [0, 0.05) is 18.7 Å². The van der Waals surface area contributed by atoms with Gasteiger partial charge in [-0.25, -0.2) is 13.2 Å². The third-order valence-electron chi connectivity index (χ3n) is 4.72. The largest absolute Gasteiger partial charge is 0.465 e. The first-order valence-electron chi connectivity index (χ1n) is 8.86. The SMILES string of the molecule is COC(=O)c1ccc(C)c(S(=O)(=O)Nc2ccc(C)c(N3CCCC3=O)c2)c1. The van der Waals surface area contributed by atoms with Crippen LogP contribution < -0.4 is 9.62 Å². The van der Waals surface area contributed by atoms with Crippen LogP contribution in [0.5, 0.6) is 0 Å². The predicted molar refractivity (Wildman–Crippen MR) is 106 cm³/mol. The number of carbonyl (C=O) groups excluding carboxylic acids is 2. The smallest absolute Gasteiger partial charge is 0.337 e.